The molecular formula is C19H19NO5. The van der Waals surface area contributed by atoms with Crippen LogP contribution in [-0.2, 0) is 9.59 Å². The van der Waals surface area contributed by atoms with Gasteiger partial charge in [0.2, 0.25) is 5.91 Å². The zero-order valence-electron chi connectivity index (χ0n) is 13.8. The Balaban J connectivity index is 1.60. The summed E-state index contributed by atoms with van der Waals surface area (Å²) in [5.74, 6) is 0.519. The molecule has 0 aliphatic heterocycles. The third kappa shape index (κ3) is 3.74. The van der Waals surface area contributed by atoms with E-state index in [1.54, 1.807) is 24.3 Å². The fourth-order valence-corrected chi connectivity index (χ4v) is 2.43. The Kier molecular flexibility index (Phi) is 4.61. The maximum atomic E-state index is 12.1. The van der Waals surface area contributed by atoms with Gasteiger partial charge in [-0.2, -0.15) is 0 Å². The number of hydrogen-bond donors (Lipinski definition) is 2. The van der Waals surface area contributed by atoms with Crippen molar-refractivity contribution < 1.29 is 24.2 Å². The van der Waals surface area contributed by atoms with Crippen LogP contribution < -0.4 is 14.8 Å². The Morgan fingerprint density at radius 2 is 1.52 bits per heavy atom. The second-order valence-electron chi connectivity index (χ2n) is 5.87. The predicted molar refractivity (Wildman–Crippen MR) is 92.1 cm³/mol. The summed E-state index contributed by atoms with van der Waals surface area (Å²) in [6, 6.07) is 14.1. The van der Waals surface area contributed by atoms with E-state index in [0.29, 0.717) is 36.6 Å². The maximum absolute atomic E-state index is 12.1. The first kappa shape index (κ1) is 16.8. The summed E-state index contributed by atoms with van der Waals surface area (Å²) in [6.45, 7) is 2.53. The number of amides is 1. The summed E-state index contributed by atoms with van der Waals surface area (Å²) >= 11 is 0. The molecule has 1 aliphatic rings. The van der Waals surface area contributed by atoms with Gasteiger partial charge in [-0.15, -0.1) is 0 Å². The number of ether oxygens (including phenoxy) is 2. The van der Waals surface area contributed by atoms with Crippen LogP contribution in [0.15, 0.2) is 48.5 Å². The van der Waals surface area contributed by atoms with Crippen LogP contribution in [0.5, 0.6) is 17.2 Å². The zero-order valence-corrected chi connectivity index (χ0v) is 13.8. The van der Waals surface area contributed by atoms with Crippen molar-refractivity contribution in [3.8, 4) is 17.2 Å². The summed E-state index contributed by atoms with van der Waals surface area (Å²) in [5, 5.41) is 11.8. The molecule has 6 heteroatoms. The predicted octanol–water partition coefficient (Wildman–Crippen LogP) is 3.68. The van der Waals surface area contributed by atoms with Crippen molar-refractivity contribution in [2.75, 3.05) is 11.9 Å². The van der Waals surface area contributed by atoms with Gasteiger partial charge >= 0.3 is 5.97 Å². The first-order chi connectivity index (χ1) is 12.0. The van der Waals surface area contributed by atoms with Crippen LogP contribution in [-0.4, -0.2) is 23.6 Å². The first-order valence-electron chi connectivity index (χ1n) is 8.09. The summed E-state index contributed by atoms with van der Waals surface area (Å²) in [6.07, 6.45) is 0.764. The molecular weight excluding hydrogens is 322 g/mol. The molecule has 0 atom stereocenters. The van der Waals surface area contributed by atoms with Crippen molar-refractivity contribution >= 4 is 17.6 Å². The van der Waals surface area contributed by atoms with Gasteiger partial charge in [-0.05, 0) is 68.3 Å². The summed E-state index contributed by atoms with van der Waals surface area (Å²) in [4.78, 5) is 23.2. The smallest absolute Gasteiger partial charge is 0.319 e. The Morgan fingerprint density at radius 1 is 1.00 bits per heavy atom. The molecule has 0 aromatic heterocycles. The molecule has 0 unspecified atom stereocenters. The lowest BCUT2D eigenvalue weighted by Crippen LogP contribution is -2.31. The van der Waals surface area contributed by atoms with Gasteiger partial charge in [0.05, 0.1) is 6.61 Å². The highest BCUT2D eigenvalue weighted by atomic mass is 16.5. The SMILES string of the molecule is CCOc1ccc(Oc2ccc(NC(=O)C3(C(=O)O)CC3)cc2)cc1. The van der Waals surface area contributed by atoms with E-state index in [2.05, 4.69) is 5.32 Å². The number of carboxylic acid groups (broad SMARTS) is 1. The summed E-state index contributed by atoms with van der Waals surface area (Å²) < 4.78 is 11.1. The van der Waals surface area contributed by atoms with E-state index < -0.39 is 17.3 Å². The first-order valence-corrected chi connectivity index (χ1v) is 8.09. The van der Waals surface area contributed by atoms with Gasteiger partial charge in [0.1, 0.15) is 22.7 Å². The van der Waals surface area contributed by atoms with Gasteiger partial charge in [0.15, 0.2) is 0 Å². The van der Waals surface area contributed by atoms with E-state index in [1.165, 1.54) is 0 Å². The van der Waals surface area contributed by atoms with Crippen LogP contribution in [0.2, 0.25) is 0 Å². The van der Waals surface area contributed by atoms with Crippen LogP contribution in [0.1, 0.15) is 19.8 Å². The number of hydrogen-bond acceptors (Lipinski definition) is 4. The topological polar surface area (TPSA) is 84.9 Å². The van der Waals surface area contributed by atoms with Crippen molar-refractivity contribution in [1.82, 2.24) is 0 Å². The number of rotatable bonds is 7. The number of carboxylic acids is 1. The van der Waals surface area contributed by atoms with Crippen molar-refractivity contribution in [2.24, 2.45) is 5.41 Å². The van der Waals surface area contributed by atoms with Gasteiger partial charge in [0.25, 0.3) is 0 Å². The lowest BCUT2D eigenvalue weighted by atomic mass is 10.1. The molecule has 0 spiro atoms. The Morgan fingerprint density at radius 3 is 2.00 bits per heavy atom. The van der Waals surface area contributed by atoms with E-state index in [4.69, 9.17) is 14.6 Å². The normalized spacial score (nSPS) is 14.4. The number of aliphatic carboxylic acids is 1. The van der Waals surface area contributed by atoms with Crippen LogP contribution in [0.4, 0.5) is 5.69 Å². The highest BCUT2D eigenvalue weighted by molar-refractivity contribution is 6.10. The average molecular weight is 341 g/mol. The fourth-order valence-electron chi connectivity index (χ4n) is 2.43. The number of carbonyl (C=O) groups excluding carboxylic acids is 1. The minimum Gasteiger partial charge on any atom is -0.494 e. The van der Waals surface area contributed by atoms with Crippen LogP contribution in [0.25, 0.3) is 0 Å². The minimum atomic E-state index is -1.25. The lowest BCUT2D eigenvalue weighted by Gasteiger charge is -2.11. The fraction of sp³-hybridized carbons (Fsp3) is 0.263. The molecule has 2 aromatic carbocycles. The molecule has 6 nitrogen and oxygen atoms in total. The number of carbonyl (C=O) groups is 2. The standard InChI is InChI=1S/C19H19NO5/c1-2-24-14-7-9-16(10-8-14)25-15-5-3-13(4-6-15)20-17(21)19(11-12-19)18(22)23/h3-10H,2,11-12H2,1H3,(H,20,21)(H,22,23). The second-order valence-corrected chi connectivity index (χ2v) is 5.87. The molecule has 130 valence electrons. The highest BCUT2D eigenvalue weighted by Gasteiger charge is 2.57. The molecule has 1 aliphatic carbocycles. The van der Waals surface area contributed by atoms with Crippen LogP contribution in [0, 0.1) is 5.41 Å². The van der Waals surface area contributed by atoms with E-state index in [0.717, 1.165) is 5.75 Å². The van der Waals surface area contributed by atoms with Gasteiger partial charge in [-0.25, -0.2) is 0 Å². The quantitative estimate of drug-likeness (QED) is 0.751. The Labute approximate surface area is 145 Å². The van der Waals surface area contributed by atoms with E-state index in [1.807, 2.05) is 31.2 Å². The lowest BCUT2D eigenvalue weighted by molar-refractivity contribution is -0.147. The average Bonchev–Trinajstić information content (AvgIpc) is 3.41. The monoisotopic (exact) mass is 341 g/mol. The van der Waals surface area contributed by atoms with Crippen LogP contribution in [0.3, 0.4) is 0 Å². The molecule has 25 heavy (non-hydrogen) atoms. The van der Waals surface area contributed by atoms with Crippen molar-refractivity contribution in [3.05, 3.63) is 48.5 Å². The van der Waals surface area contributed by atoms with Gasteiger partial charge < -0.3 is 19.9 Å². The Bertz CT molecular complexity index is 763. The summed E-state index contributed by atoms with van der Waals surface area (Å²) in [7, 11) is 0. The molecule has 2 aromatic rings. The molecule has 0 heterocycles. The van der Waals surface area contributed by atoms with E-state index >= 15 is 0 Å². The van der Waals surface area contributed by atoms with E-state index in [-0.39, 0.29) is 0 Å². The Hall–Kier alpha value is -3.02. The van der Waals surface area contributed by atoms with E-state index in [9.17, 15) is 9.59 Å². The van der Waals surface area contributed by atoms with Crippen molar-refractivity contribution in [1.29, 1.82) is 0 Å². The minimum absolute atomic E-state index is 0.382. The number of benzene rings is 2. The molecule has 1 amide bonds. The third-order valence-corrected chi connectivity index (χ3v) is 4.08. The zero-order chi connectivity index (χ0) is 17.9. The van der Waals surface area contributed by atoms with Gasteiger partial charge in [-0.3, -0.25) is 9.59 Å². The largest absolute Gasteiger partial charge is 0.494 e. The van der Waals surface area contributed by atoms with Crippen molar-refractivity contribution in [3.63, 3.8) is 0 Å². The maximum Gasteiger partial charge on any atom is 0.319 e. The number of anilines is 1. The van der Waals surface area contributed by atoms with Gasteiger partial charge in [-0.1, -0.05) is 0 Å². The van der Waals surface area contributed by atoms with Crippen LogP contribution >= 0.6 is 0 Å². The number of nitrogens with one attached hydrogen (secondary N) is 1. The second kappa shape index (κ2) is 6.84. The molecule has 1 saturated carbocycles. The summed E-state index contributed by atoms with van der Waals surface area (Å²) in [5.41, 5.74) is -0.714. The molecule has 1 fully saturated rings. The molecule has 3 rings (SSSR count). The third-order valence-electron chi connectivity index (χ3n) is 4.08. The molecule has 0 saturated heterocycles. The molecule has 0 bridgehead atoms. The highest BCUT2D eigenvalue weighted by Crippen LogP contribution is 2.46. The van der Waals surface area contributed by atoms with Crippen molar-refractivity contribution in [2.45, 2.75) is 19.8 Å². The molecule has 2 N–H and O–H groups in total. The molecule has 0 radical (unpaired) electrons. The van der Waals surface area contributed by atoms with Gasteiger partial charge in [0, 0.05) is 5.69 Å².